The summed E-state index contributed by atoms with van der Waals surface area (Å²) in [6.45, 7) is 4.67. The van der Waals surface area contributed by atoms with Gasteiger partial charge in [-0.15, -0.1) is 0 Å². The van der Waals surface area contributed by atoms with Gasteiger partial charge in [0.1, 0.15) is 0 Å². The molecule has 1 heterocycles. The molecule has 0 aliphatic carbocycles. The lowest BCUT2D eigenvalue weighted by molar-refractivity contribution is 0.0953. The molecule has 2 rings (SSSR count). The van der Waals surface area contributed by atoms with Crippen LogP contribution in [0.1, 0.15) is 29.3 Å². The number of nitrogens with zero attached hydrogens (tertiary/aromatic N) is 2. The summed E-state index contributed by atoms with van der Waals surface area (Å²) in [4.78, 5) is 20.1. The maximum atomic E-state index is 11.7. The lowest BCUT2D eigenvalue weighted by atomic mass is 10.2. The average Bonchev–Trinajstić information content (AvgIpc) is 2.48. The molecule has 1 amide bonds. The van der Waals surface area contributed by atoms with Crippen LogP contribution in [0.15, 0.2) is 35.1 Å². The molecule has 0 spiro atoms. The third-order valence-corrected chi connectivity index (χ3v) is 3.48. The van der Waals surface area contributed by atoms with E-state index in [1.54, 1.807) is 0 Å². The maximum absolute atomic E-state index is 11.7. The van der Waals surface area contributed by atoms with E-state index in [-0.39, 0.29) is 5.91 Å². The molecule has 2 aromatic rings. The summed E-state index contributed by atoms with van der Waals surface area (Å²) in [5.74, 6) is 0.298. The van der Waals surface area contributed by atoms with Gasteiger partial charge in [-0.1, -0.05) is 13.0 Å². The Bertz CT molecular complexity index is 628. The second-order valence-electron chi connectivity index (χ2n) is 4.66. The molecular weight excluding hydrogens is 332 g/mol. The second kappa shape index (κ2) is 7.17. The van der Waals surface area contributed by atoms with Gasteiger partial charge in [-0.25, -0.2) is 9.97 Å². The summed E-state index contributed by atoms with van der Waals surface area (Å²) in [7, 11) is 0. The highest BCUT2D eigenvalue weighted by Gasteiger charge is 2.07. The Hall–Kier alpha value is -1.95. The fraction of sp³-hybridized carbons (Fsp3) is 0.267. The van der Waals surface area contributed by atoms with Crippen molar-refractivity contribution in [2.24, 2.45) is 0 Å². The minimum atomic E-state index is -0.153. The van der Waals surface area contributed by atoms with Crippen LogP contribution in [0.5, 0.6) is 0 Å². The molecule has 0 saturated carbocycles. The van der Waals surface area contributed by atoms with Crippen molar-refractivity contribution in [1.29, 1.82) is 0 Å². The predicted octanol–water partition coefficient (Wildman–Crippen LogP) is 3.43. The number of aryl methyl sites for hydroxylation is 1. The van der Waals surface area contributed by atoms with Crippen molar-refractivity contribution in [3.63, 3.8) is 0 Å². The molecule has 21 heavy (non-hydrogen) atoms. The van der Waals surface area contributed by atoms with Crippen molar-refractivity contribution in [2.75, 3.05) is 11.9 Å². The summed E-state index contributed by atoms with van der Waals surface area (Å²) in [6, 6.07) is 5.96. The highest BCUT2D eigenvalue weighted by atomic mass is 79.9. The summed E-state index contributed by atoms with van der Waals surface area (Å²) in [5, 5.41) is 5.89. The van der Waals surface area contributed by atoms with Gasteiger partial charge in [-0.05, 0) is 47.0 Å². The number of carbonyl (C=O) groups excluding carboxylic acids is 1. The van der Waals surface area contributed by atoms with Crippen molar-refractivity contribution in [2.45, 2.75) is 20.3 Å². The summed E-state index contributed by atoms with van der Waals surface area (Å²) >= 11 is 3.49. The van der Waals surface area contributed by atoms with E-state index in [9.17, 15) is 4.79 Å². The van der Waals surface area contributed by atoms with Crippen molar-refractivity contribution >= 4 is 33.5 Å². The standard InChI is InChI=1S/C15H17BrN4O/c1-3-6-17-14(21)11-8-18-15(19-9-11)20-13-5-4-10(2)7-12(13)16/h4-5,7-9H,3,6H2,1-2H3,(H,17,21)(H,18,19,20). The van der Waals surface area contributed by atoms with Crippen LogP contribution in [0, 0.1) is 6.92 Å². The van der Waals surface area contributed by atoms with E-state index in [0.717, 1.165) is 22.1 Å². The van der Waals surface area contributed by atoms with E-state index in [2.05, 4.69) is 36.5 Å². The van der Waals surface area contributed by atoms with Gasteiger partial charge < -0.3 is 10.6 Å². The van der Waals surface area contributed by atoms with Gasteiger partial charge in [0.25, 0.3) is 5.91 Å². The van der Waals surface area contributed by atoms with Crippen LogP contribution in [0.3, 0.4) is 0 Å². The molecule has 6 heteroatoms. The Balaban J connectivity index is 2.07. The molecular formula is C15H17BrN4O. The van der Waals surface area contributed by atoms with Gasteiger partial charge in [-0.3, -0.25) is 4.79 Å². The smallest absolute Gasteiger partial charge is 0.254 e. The zero-order valence-electron chi connectivity index (χ0n) is 12.0. The van der Waals surface area contributed by atoms with Crippen molar-refractivity contribution in [3.05, 3.63) is 46.2 Å². The number of anilines is 2. The number of nitrogens with one attached hydrogen (secondary N) is 2. The lowest BCUT2D eigenvalue weighted by Crippen LogP contribution is -2.24. The van der Waals surface area contributed by atoms with E-state index in [0.29, 0.717) is 18.1 Å². The Morgan fingerprint density at radius 1 is 1.29 bits per heavy atom. The number of benzene rings is 1. The zero-order chi connectivity index (χ0) is 15.2. The number of aromatic nitrogens is 2. The minimum Gasteiger partial charge on any atom is -0.352 e. The number of carbonyl (C=O) groups is 1. The molecule has 0 aliphatic heterocycles. The minimum absolute atomic E-state index is 0.153. The van der Waals surface area contributed by atoms with Gasteiger partial charge in [0.15, 0.2) is 0 Å². The average molecular weight is 349 g/mol. The monoisotopic (exact) mass is 348 g/mol. The van der Waals surface area contributed by atoms with Gasteiger partial charge in [0.2, 0.25) is 5.95 Å². The highest BCUT2D eigenvalue weighted by Crippen LogP contribution is 2.25. The normalized spacial score (nSPS) is 10.2. The number of rotatable bonds is 5. The second-order valence-corrected chi connectivity index (χ2v) is 5.51. The van der Waals surface area contributed by atoms with Crippen LogP contribution in [0.2, 0.25) is 0 Å². The summed E-state index contributed by atoms with van der Waals surface area (Å²) in [6.07, 6.45) is 3.93. The van der Waals surface area contributed by atoms with Crippen LogP contribution in [0.25, 0.3) is 0 Å². The summed E-state index contributed by atoms with van der Waals surface area (Å²) in [5.41, 5.74) is 2.50. The first-order valence-corrected chi connectivity index (χ1v) is 7.53. The molecule has 0 radical (unpaired) electrons. The Kier molecular flexibility index (Phi) is 5.27. The summed E-state index contributed by atoms with van der Waals surface area (Å²) < 4.78 is 0.941. The quantitative estimate of drug-likeness (QED) is 0.868. The van der Waals surface area contributed by atoms with E-state index < -0.39 is 0 Å². The van der Waals surface area contributed by atoms with E-state index in [1.165, 1.54) is 12.4 Å². The first-order chi connectivity index (χ1) is 10.1. The highest BCUT2D eigenvalue weighted by molar-refractivity contribution is 9.10. The number of amides is 1. The van der Waals surface area contributed by atoms with E-state index in [1.807, 2.05) is 32.0 Å². The van der Waals surface area contributed by atoms with Crippen LogP contribution < -0.4 is 10.6 Å². The molecule has 0 atom stereocenters. The van der Waals surface area contributed by atoms with Crippen molar-refractivity contribution in [3.8, 4) is 0 Å². The predicted molar refractivity (Wildman–Crippen MR) is 86.8 cm³/mol. The van der Waals surface area contributed by atoms with Gasteiger partial charge in [0.05, 0.1) is 11.3 Å². The third kappa shape index (κ3) is 4.26. The first kappa shape index (κ1) is 15.4. The fourth-order valence-electron chi connectivity index (χ4n) is 1.69. The van der Waals surface area contributed by atoms with Crippen molar-refractivity contribution in [1.82, 2.24) is 15.3 Å². The first-order valence-electron chi connectivity index (χ1n) is 6.73. The van der Waals surface area contributed by atoms with Gasteiger partial charge >= 0.3 is 0 Å². The SMILES string of the molecule is CCCNC(=O)c1cnc(Nc2ccc(C)cc2Br)nc1. The Morgan fingerprint density at radius 2 is 2.00 bits per heavy atom. The third-order valence-electron chi connectivity index (χ3n) is 2.82. The molecule has 110 valence electrons. The number of halogens is 1. The van der Waals surface area contributed by atoms with E-state index >= 15 is 0 Å². The number of hydrogen-bond donors (Lipinski definition) is 2. The molecule has 2 N–H and O–H groups in total. The lowest BCUT2D eigenvalue weighted by Gasteiger charge is -2.08. The molecule has 0 saturated heterocycles. The van der Waals surface area contributed by atoms with Crippen LogP contribution in [0.4, 0.5) is 11.6 Å². The number of hydrogen-bond acceptors (Lipinski definition) is 4. The van der Waals surface area contributed by atoms with Crippen LogP contribution in [-0.2, 0) is 0 Å². The topological polar surface area (TPSA) is 66.9 Å². The van der Waals surface area contributed by atoms with E-state index in [4.69, 9.17) is 0 Å². The van der Waals surface area contributed by atoms with Crippen LogP contribution >= 0.6 is 15.9 Å². The maximum Gasteiger partial charge on any atom is 0.254 e. The largest absolute Gasteiger partial charge is 0.352 e. The zero-order valence-corrected chi connectivity index (χ0v) is 13.6. The fourth-order valence-corrected chi connectivity index (χ4v) is 2.28. The van der Waals surface area contributed by atoms with Gasteiger partial charge in [0, 0.05) is 23.4 Å². The van der Waals surface area contributed by atoms with Crippen molar-refractivity contribution < 1.29 is 4.79 Å². The molecule has 0 fully saturated rings. The van der Waals surface area contributed by atoms with Gasteiger partial charge in [-0.2, -0.15) is 0 Å². The Morgan fingerprint density at radius 3 is 2.62 bits per heavy atom. The molecule has 5 nitrogen and oxygen atoms in total. The molecule has 1 aromatic carbocycles. The molecule has 0 aliphatic rings. The molecule has 0 unspecified atom stereocenters. The van der Waals surface area contributed by atoms with Crippen LogP contribution in [-0.4, -0.2) is 22.4 Å². The molecule has 1 aromatic heterocycles. The molecule has 0 bridgehead atoms. The Labute approximate surface area is 132 Å².